The number of allylic oxidation sites excluding steroid dienone is 12. The molecule has 4 atom stereocenters. The SMILES string of the molecule is C/C=C/CC/C=C/CC/C=C/CCCC(O)C(O)C(COP(=O)(O)OCC[N+](C)(C)C)NC(=O)CCCCCCCCCC/C=C\C/C=C\C/C=C\CCCCCCC. The van der Waals surface area contributed by atoms with Crippen LogP contribution in [0.5, 0.6) is 0 Å². The second-order valence-corrected chi connectivity index (χ2v) is 18.3. The number of carbonyl (C=O) groups excluding carboxylic acids is 1. The average molecular weight is 850 g/mol. The third-order valence-electron chi connectivity index (χ3n) is 10.1. The van der Waals surface area contributed by atoms with Crippen molar-refractivity contribution >= 4 is 13.7 Å². The minimum atomic E-state index is -4.43. The molecule has 0 radical (unpaired) electrons. The zero-order valence-electron chi connectivity index (χ0n) is 38.3. The highest BCUT2D eigenvalue weighted by atomic mass is 31.2. The molecule has 0 aromatic carbocycles. The third-order valence-corrected chi connectivity index (χ3v) is 11.1. The van der Waals surface area contributed by atoms with Crippen LogP contribution in [0.1, 0.15) is 174 Å². The molecule has 9 nitrogen and oxygen atoms in total. The second kappa shape index (κ2) is 40.0. The monoisotopic (exact) mass is 850 g/mol. The molecule has 10 heteroatoms. The predicted molar refractivity (Wildman–Crippen MR) is 250 cm³/mol. The summed E-state index contributed by atoms with van der Waals surface area (Å²) in [6.45, 7) is 4.32. The number of phosphoric acid groups is 1. The van der Waals surface area contributed by atoms with E-state index in [1.54, 1.807) is 0 Å². The van der Waals surface area contributed by atoms with Crippen LogP contribution < -0.4 is 5.32 Å². The molecule has 342 valence electrons. The van der Waals surface area contributed by atoms with Gasteiger partial charge in [-0.25, -0.2) is 4.57 Å². The number of rotatable bonds is 41. The lowest BCUT2D eigenvalue weighted by Crippen LogP contribution is -2.51. The van der Waals surface area contributed by atoms with Crippen LogP contribution in [0.2, 0.25) is 0 Å². The van der Waals surface area contributed by atoms with Crippen molar-refractivity contribution in [3.8, 4) is 0 Å². The molecule has 0 heterocycles. The topological polar surface area (TPSA) is 125 Å². The predicted octanol–water partition coefficient (Wildman–Crippen LogP) is 12.2. The van der Waals surface area contributed by atoms with Crippen LogP contribution >= 0.6 is 7.82 Å². The Morgan fingerprint density at radius 1 is 0.627 bits per heavy atom. The van der Waals surface area contributed by atoms with Crippen LogP contribution in [0.25, 0.3) is 0 Å². The molecule has 0 aromatic heterocycles. The Morgan fingerprint density at radius 2 is 1.08 bits per heavy atom. The number of carbonyl (C=O) groups is 1. The minimum absolute atomic E-state index is 0.00712. The Kier molecular flexibility index (Phi) is 38.6. The maximum absolute atomic E-state index is 12.9. The Balaban J connectivity index is 4.46. The van der Waals surface area contributed by atoms with Gasteiger partial charge in [0.05, 0.1) is 39.9 Å². The first-order valence-corrected chi connectivity index (χ1v) is 24.8. The first-order chi connectivity index (χ1) is 28.4. The number of aliphatic hydroxyl groups is 2. The number of quaternary nitrogens is 1. The number of hydrogen-bond donors (Lipinski definition) is 4. The van der Waals surface area contributed by atoms with Crippen molar-refractivity contribution < 1.29 is 38.0 Å². The van der Waals surface area contributed by atoms with Gasteiger partial charge in [-0.05, 0) is 96.8 Å². The number of likely N-dealkylation sites (N-methyl/N-ethyl adjacent to an activating group) is 1. The van der Waals surface area contributed by atoms with Crippen molar-refractivity contribution in [1.82, 2.24) is 5.32 Å². The minimum Gasteiger partial charge on any atom is -0.390 e. The summed E-state index contributed by atoms with van der Waals surface area (Å²) in [5.74, 6) is -0.286. The van der Waals surface area contributed by atoms with Gasteiger partial charge in [0.15, 0.2) is 0 Å². The zero-order valence-corrected chi connectivity index (χ0v) is 39.2. The molecule has 0 spiro atoms. The second-order valence-electron chi connectivity index (χ2n) is 16.9. The van der Waals surface area contributed by atoms with Crippen molar-refractivity contribution in [1.29, 1.82) is 0 Å². The molecule has 0 aliphatic heterocycles. The summed E-state index contributed by atoms with van der Waals surface area (Å²) in [5, 5.41) is 24.6. The van der Waals surface area contributed by atoms with Gasteiger partial charge in [0.2, 0.25) is 5.91 Å². The Bertz CT molecular complexity index is 1210. The van der Waals surface area contributed by atoms with Gasteiger partial charge in [-0.2, -0.15) is 0 Å². The van der Waals surface area contributed by atoms with Gasteiger partial charge in [-0.3, -0.25) is 13.8 Å². The summed E-state index contributed by atoms with van der Waals surface area (Å²) in [7, 11) is 1.39. The molecule has 0 aromatic rings. The number of phosphoric ester groups is 1. The smallest absolute Gasteiger partial charge is 0.390 e. The van der Waals surface area contributed by atoms with Crippen molar-refractivity contribution in [2.75, 3.05) is 40.9 Å². The number of aliphatic hydroxyl groups excluding tert-OH is 2. The highest BCUT2D eigenvalue weighted by Gasteiger charge is 2.31. The van der Waals surface area contributed by atoms with E-state index in [0.717, 1.165) is 70.6 Å². The lowest BCUT2D eigenvalue weighted by molar-refractivity contribution is -0.870. The van der Waals surface area contributed by atoms with Crippen LogP contribution in [0.3, 0.4) is 0 Å². The Hall–Kier alpha value is -2.10. The quantitative estimate of drug-likeness (QED) is 0.0209. The highest BCUT2D eigenvalue weighted by molar-refractivity contribution is 7.47. The molecule has 4 N–H and O–H groups in total. The fraction of sp³-hybridized carbons (Fsp3) is 0.735. The molecular formula is C49H90N2O7P+. The number of unbranched alkanes of at least 4 members (excludes halogenated alkanes) is 16. The van der Waals surface area contributed by atoms with Crippen LogP contribution in [-0.2, 0) is 18.4 Å². The maximum Gasteiger partial charge on any atom is 0.472 e. The van der Waals surface area contributed by atoms with E-state index in [2.05, 4.69) is 85.2 Å². The fourth-order valence-electron chi connectivity index (χ4n) is 6.31. The molecule has 59 heavy (non-hydrogen) atoms. The Morgan fingerprint density at radius 3 is 1.63 bits per heavy atom. The molecule has 0 rings (SSSR count). The standard InChI is InChI=1S/C49H89N2O7P/c1-6-8-10-12-14-16-18-20-21-22-23-24-25-26-27-28-29-30-32-34-36-38-40-42-48(53)50-46(45-58-59(55,56)57-44-43-51(3,4)5)49(54)47(52)41-39-37-35-33-31-19-17-15-13-11-9-7-2/h7,9,15,17-18,20,22-23,25-26,33,35,46-47,49,52,54H,6,8,10-14,16,19,21,24,27-32,34,36-45H2,1-5H3,(H-,50,53,55,56)/p+1/b9-7+,17-15+,20-18-,23-22-,26-25-,35-33+. The van der Waals surface area contributed by atoms with Crippen molar-refractivity contribution in [3.05, 3.63) is 72.9 Å². The average Bonchev–Trinajstić information content (AvgIpc) is 3.19. The Labute approximate surface area is 362 Å². The highest BCUT2D eigenvalue weighted by Crippen LogP contribution is 2.43. The summed E-state index contributed by atoms with van der Waals surface area (Å²) < 4.78 is 23.5. The molecule has 0 fully saturated rings. The molecular weight excluding hydrogens is 760 g/mol. The van der Waals surface area contributed by atoms with Crippen LogP contribution in [0, 0.1) is 0 Å². The summed E-state index contributed by atoms with van der Waals surface area (Å²) in [6, 6.07) is -1.07. The zero-order chi connectivity index (χ0) is 43.7. The van der Waals surface area contributed by atoms with E-state index < -0.39 is 32.7 Å². The van der Waals surface area contributed by atoms with Crippen LogP contribution in [0.15, 0.2) is 72.9 Å². The van der Waals surface area contributed by atoms with E-state index in [9.17, 15) is 24.5 Å². The van der Waals surface area contributed by atoms with Gasteiger partial charge >= 0.3 is 7.82 Å². The maximum atomic E-state index is 12.9. The van der Waals surface area contributed by atoms with Gasteiger partial charge in [0.1, 0.15) is 19.3 Å². The van der Waals surface area contributed by atoms with Gasteiger partial charge < -0.3 is 24.9 Å². The fourth-order valence-corrected chi connectivity index (χ4v) is 7.04. The first kappa shape index (κ1) is 56.9. The van der Waals surface area contributed by atoms with E-state index in [0.29, 0.717) is 30.3 Å². The normalized spacial score (nSPS) is 15.5. The molecule has 0 aliphatic rings. The molecule has 0 bridgehead atoms. The summed E-state index contributed by atoms with van der Waals surface area (Å²) in [5.41, 5.74) is 0. The first-order valence-electron chi connectivity index (χ1n) is 23.4. The van der Waals surface area contributed by atoms with Crippen molar-refractivity contribution in [3.63, 3.8) is 0 Å². The van der Waals surface area contributed by atoms with Gasteiger partial charge in [-0.15, -0.1) is 0 Å². The number of nitrogens with one attached hydrogen (secondary N) is 1. The number of hydrogen-bond acceptors (Lipinski definition) is 6. The summed E-state index contributed by atoms with van der Waals surface area (Å²) in [6.07, 6.45) is 49.8. The van der Waals surface area contributed by atoms with E-state index in [4.69, 9.17) is 9.05 Å². The molecule has 0 saturated heterocycles. The number of amides is 1. The summed E-state index contributed by atoms with van der Waals surface area (Å²) in [4.78, 5) is 23.2. The van der Waals surface area contributed by atoms with Gasteiger partial charge in [0.25, 0.3) is 0 Å². The molecule has 1 amide bonds. The lowest BCUT2D eigenvalue weighted by atomic mass is 10.0. The van der Waals surface area contributed by atoms with Crippen LogP contribution in [-0.4, -0.2) is 84.6 Å². The van der Waals surface area contributed by atoms with Crippen LogP contribution in [0.4, 0.5) is 0 Å². The van der Waals surface area contributed by atoms with E-state index in [1.165, 1.54) is 64.2 Å². The lowest BCUT2D eigenvalue weighted by Gasteiger charge is -2.28. The van der Waals surface area contributed by atoms with E-state index in [-0.39, 0.29) is 18.9 Å². The van der Waals surface area contributed by atoms with E-state index >= 15 is 0 Å². The summed E-state index contributed by atoms with van der Waals surface area (Å²) >= 11 is 0. The van der Waals surface area contributed by atoms with E-state index in [1.807, 2.05) is 28.1 Å². The number of nitrogens with zero attached hydrogens (tertiary/aromatic N) is 1. The largest absolute Gasteiger partial charge is 0.472 e. The molecule has 4 unspecified atom stereocenters. The van der Waals surface area contributed by atoms with Gasteiger partial charge in [0, 0.05) is 6.42 Å². The molecule has 0 aliphatic carbocycles. The van der Waals surface area contributed by atoms with Gasteiger partial charge in [-0.1, -0.05) is 144 Å². The third kappa shape index (κ3) is 41.0. The van der Waals surface area contributed by atoms with Crippen molar-refractivity contribution in [2.24, 2.45) is 0 Å². The molecule has 0 saturated carbocycles. The van der Waals surface area contributed by atoms with Crippen molar-refractivity contribution in [2.45, 2.75) is 193 Å².